The molecule has 0 saturated heterocycles. The predicted molar refractivity (Wildman–Crippen MR) is 130 cm³/mol. The summed E-state index contributed by atoms with van der Waals surface area (Å²) in [5.41, 5.74) is 3.28. The number of Topliss-reactive ketones (excluding diaryl/α,β-unsaturated/α-hetero) is 1. The number of aryl methyl sites for hydroxylation is 2. The molecule has 0 aliphatic rings. The van der Waals surface area contributed by atoms with E-state index in [1.165, 1.54) is 11.8 Å². The molecular formula is C24H27N5O3S. The van der Waals surface area contributed by atoms with Crippen molar-refractivity contribution >= 4 is 34.2 Å². The topological polar surface area (TPSA) is 83.4 Å². The molecule has 0 radical (unpaired) electrons. The van der Waals surface area contributed by atoms with Crippen LogP contribution in [0.2, 0.25) is 0 Å². The van der Waals surface area contributed by atoms with Gasteiger partial charge >= 0.3 is 0 Å². The molecule has 0 amide bonds. The molecule has 4 rings (SSSR count). The number of para-hydroxylation sites is 1. The van der Waals surface area contributed by atoms with Gasteiger partial charge in [-0.15, -0.1) is 16.8 Å². The molecule has 0 fully saturated rings. The van der Waals surface area contributed by atoms with E-state index in [1.807, 2.05) is 48.6 Å². The Morgan fingerprint density at radius 2 is 2.00 bits per heavy atom. The fourth-order valence-electron chi connectivity index (χ4n) is 4.10. The first kappa shape index (κ1) is 23.0. The van der Waals surface area contributed by atoms with Crippen molar-refractivity contribution in [1.82, 2.24) is 23.7 Å². The summed E-state index contributed by atoms with van der Waals surface area (Å²) >= 11 is 1.32. The summed E-state index contributed by atoms with van der Waals surface area (Å²) in [7, 11) is 1.64. The number of carbonyl (C=O) groups excluding carboxylic acids is 1. The van der Waals surface area contributed by atoms with Crippen molar-refractivity contribution in [3.05, 3.63) is 70.3 Å². The fraction of sp³-hybridized carbons (Fsp3) is 0.333. The highest BCUT2D eigenvalue weighted by Crippen LogP contribution is 2.24. The van der Waals surface area contributed by atoms with Gasteiger partial charge in [0.15, 0.2) is 10.9 Å². The first-order chi connectivity index (χ1) is 16.0. The maximum absolute atomic E-state index is 13.1. The maximum Gasteiger partial charge on any atom is 0.262 e. The lowest BCUT2D eigenvalue weighted by atomic mass is 10.2. The first-order valence-corrected chi connectivity index (χ1v) is 11.8. The van der Waals surface area contributed by atoms with E-state index < -0.39 is 0 Å². The Morgan fingerprint density at radius 1 is 1.21 bits per heavy atom. The van der Waals surface area contributed by atoms with E-state index in [1.54, 1.807) is 17.7 Å². The van der Waals surface area contributed by atoms with E-state index in [9.17, 15) is 9.59 Å². The Bertz CT molecular complexity index is 1400. The number of allylic oxidation sites excluding steroid dienone is 1. The van der Waals surface area contributed by atoms with Crippen molar-refractivity contribution in [2.45, 2.75) is 38.5 Å². The second-order valence-electron chi connectivity index (χ2n) is 7.83. The van der Waals surface area contributed by atoms with Crippen LogP contribution < -0.4 is 5.56 Å². The minimum absolute atomic E-state index is 0.0258. The van der Waals surface area contributed by atoms with Crippen LogP contribution in [-0.2, 0) is 17.8 Å². The van der Waals surface area contributed by atoms with Crippen molar-refractivity contribution in [1.29, 1.82) is 0 Å². The van der Waals surface area contributed by atoms with Gasteiger partial charge in [-0.05, 0) is 38.5 Å². The van der Waals surface area contributed by atoms with Crippen LogP contribution in [0.4, 0.5) is 0 Å². The minimum Gasteiger partial charge on any atom is -0.385 e. The number of thioether (sulfide) groups is 1. The van der Waals surface area contributed by atoms with Crippen LogP contribution in [0, 0.1) is 13.8 Å². The second kappa shape index (κ2) is 9.76. The monoisotopic (exact) mass is 465 g/mol. The van der Waals surface area contributed by atoms with E-state index >= 15 is 0 Å². The van der Waals surface area contributed by atoms with Crippen molar-refractivity contribution in [2.24, 2.45) is 0 Å². The van der Waals surface area contributed by atoms with Gasteiger partial charge in [0, 0.05) is 43.8 Å². The average molecular weight is 466 g/mol. The standard InChI is InChI=1S/C24H27N5O3S/c1-5-11-27-16(2)14-19(17(27)3)21(30)15-33-24-26-25-23-28(12-8-13-32-4)22(31)18-9-6-7-10-20(18)29(23)24/h5-7,9-10,14H,1,8,11-13,15H2,2-4H3. The highest BCUT2D eigenvalue weighted by molar-refractivity contribution is 7.99. The highest BCUT2D eigenvalue weighted by Gasteiger charge is 2.20. The Hall–Kier alpha value is -3.17. The molecule has 0 N–H and O–H groups in total. The van der Waals surface area contributed by atoms with E-state index in [0.29, 0.717) is 48.0 Å². The third kappa shape index (κ3) is 4.26. The molecule has 33 heavy (non-hydrogen) atoms. The van der Waals surface area contributed by atoms with Crippen molar-refractivity contribution in [3.63, 3.8) is 0 Å². The lowest BCUT2D eigenvalue weighted by molar-refractivity contribution is 0.102. The summed E-state index contributed by atoms with van der Waals surface area (Å²) in [5, 5.41) is 9.80. The molecule has 172 valence electrons. The number of carbonyl (C=O) groups is 1. The molecule has 0 bridgehead atoms. The number of aromatic nitrogens is 5. The zero-order chi connectivity index (χ0) is 23.5. The molecule has 9 heteroatoms. The highest BCUT2D eigenvalue weighted by atomic mass is 32.2. The SMILES string of the molecule is C=CCn1c(C)cc(C(=O)CSc2nnc3n(CCCOC)c(=O)c4ccccc4n23)c1C. The van der Waals surface area contributed by atoms with Gasteiger partial charge in [0.1, 0.15) is 0 Å². The summed E-state index contributed by atoms with van der Waals surface area (Å²) in [5.74, 6) is 0.711. The number of nitrogens with zero attached hydrogens (tertiary/aromatic N) is 5. The maximum atomic E-state index is 13.1. The van der Waals surface area contributed by atoms with Crippen LogP contribution in [0.3, 0.4) is 0 Å². The normalized spacial score (nSPS) is 11.5. The summed E-state index contributed by atoms with van der Waals surface area (Å²) < 4.78 is 10.7. The number of rotatable bonds is 10. The first-order valence-electron chi connectivity index (χ1n) is 10.8. The van der Waals surface area contributed by atoms with E-state index in [-0.39, 0.29) is 17.1 Å². The van der Waals surface area contributed by atoms with Gasteiger partial charge in [-0.1, -0.05) is 30.0 Å². The van der Waals surface area contributed by atoms with Crippen LogP contribution >= 0.6 is 11.8 Å². The second-order valence-corrected chi connectivity index (χ2v) is 8.78. The number of ketones is 1. The van der Waals surface area contributed by atoms with Gasteiger partial charge in [-0.25, -0.2) is 0 Å². The molecule has 0 atom stereocenters. The molecule has 3 heterocycles. The Balaban J connectivity index is 1.69. The van der Waals surface area contributed by atoms with Gasteiger partial charge in [0.2, 0.25) is 5.78 Å². The van der Waals surface area contributed by atoms with E-state index in [0.717, 1.165) is 16.9 Å². The van der Waals surface area contributed by atoms with Crippen LogP contribution in [-0.4, -0.2) is 49.0 Å². The van der Waals surface area contributed by atoms with Crippen LogP contribution in [0.25, 0.3) is 16.7 Å². The van der Waals surface area contributed by atoms with Crippen molar-refractivity contribution < 1.29 is 9.53 Å². The Morgan fingerprint density at radius 3 is 2.76 bits per heavy atom. The van der Waals surface area contributed by atoms with E-state index in [2.05, 4.69) is 21.3 Å². The van der Waals surface area contributed by atoms with Gasteiger partial charge in [-0.2, -0.15) is 0 Å². The number of hydrogen-bond donors (Lipinski definition) is 0. The Kier molecular flexibility index (Phi) is 6.80. The zero-order valence-corrected chi connectivity index (χ0v) is 19.9. The summed E-state index contributed by atoms with van der Waals surface area (Å²) in [6.45, 7) is 9.41. The molecule has 1 aromatic carbocycles. The van der Waals surface area contributed by atoms with Gasteiger partial charge in [0.25, 0.3) is 5.56 Å². The zero-order valence-electron chi connectivity index (χ0n) is 19.1. The summed E-state index contributed by atoms with van der Waals surface area (Å²) in [6, 6.07) is 9.32. The number of hydrogen-bond acceptors (Lipinski definition) is 6. The molecule has 0 unspecified atom stereocenters. The quantitative estimate of drug-likeness (QED) is 0.154. The molecule has 0 aliphatic carbocycles. The van der Waals surface area contributed by atoms with E-state index in [4.69, 9.17) is 4.74 Å². The van der Waals surface area contributed by atoms with Gasteiger partial charge in [-0.3, -0.25) is 18.6 Å². The van der Waals surface area contributed by atoms with Crippen LogP contribution in [0.15, 0.2) is 52.9 Å². The molecule has 3 aromatic heterocycles. The Labute approximate surface area is 195 Å². The summed E-state index contributed by atoms with van der Waals surface area (Å²) in [4.78, 5) is 26.1. The summed E-state index contributed by atoms with van der Waals surface area (Å²) in [6.07, 6.45) is 2.50. The van der Waals surface area contributed by atoms with Crippen molar-refractivity contribution in [2.75, 3.05) is 19.5 Å². The lowest BCUT2D eigenvalue weighted by Crippen LogP contribution is -2.24. The minimum atomic E-state index is -0.108. The lowest BCUT2D eigenvalue weighted by Gasteiger charge is -2.11. The molecule has 4 aromatic rings. The smallest absolute Gasteiger partial charge is 0.262 e. The molecule has 0 spiro atoms. The molecule has 8 nitrogen and oxygen atoms in total. The molecule has 0 saturated carbocycles. The number of benzene rings is 1. The van der Waals surface area contributed by atoms with Gasteiger partial charge in [0.05, 0.1) is 16.7 Å². The van der Waals surface area contributed by atoms with Crippen LogP contribution in [0.1, 0.15) is 28.2 Å². The number of ether oxygens (including phenoxy) is 1. The fourth-order valence-corrected chi connectivity index (χ4v) is 4.92. The number of fused-ring (bicyclic) bond motifs is 3. The third-order valence-electron chi connectivity index (χ3n) is 5.73. The van der Waals surface area contributed by atoms with Gasteiger partial charge < -0.3 is 9.30 Å². The predicted octanol–water partition coefficient (Wildman–Crippen LogP) is 3.66. The molecule has 0 aliphatic heterocycles. The van der Waals surface area contributed by atoms with Crippen LogP contribution in [0.5, 0.6) is 0 Å². The average Bonchev–Trinajstić information content (AvgIpc) is 3.36. The molecular weight excluding hydrogens is 438 g/mol. The largest absolute Gasteiger partial charge is 0.385 e. The van der Waals surface area contributed by atoms with Crippen molar-refractivity contribution in [3.8, 4) is 0 Å². The number of methoxy groups -OCH3 is 1. The third-order valence-corrected chi connectivity index (χ3v) is 6.66.